The summed E-state index contributed by atoms with van der Waals surface area (Å²) in [6.07, 6.45) is 3.55. The summed E-state index contributed by atoms with van der Waals surface area (Å²) >= 11 is 10.4. The van der Waals surface area contributed by atoms with Crippen LogP contribution in [0.1, 0.15) is 59.6 Å². The van der Waals surface area contributed by atoms with Crippen LogP contribution in [0.2, 0.25) is 5.15 Å². The second-order valence-electron chi connectivity index (χ2n) is 13.1. The quantitative estimate of drug-likeness (QED) is 0.119. The predicted octanol–water partition coefficient (Wildman–Crippen LogP) is 10.3. The summed E-state index contributed by atoms with van der Waals surface area (Å²) in [6, 6.07) is 44.7. The Morgan fingerprint density at radius 2 is 1.43 bits per heavy atom. The van der Waals surface area contributed by atoms with Gasteiger partial charge in [-0.05, 0) is 68.4 Å². The minimum atomic E-state index is -0.890. The van der Waals surface area contributed by atoms with Crippen LogP contribution >= 0.6 is 27.5 Å². The summed E-state index contributed by atoms with van der Waals surface area (Å²) in [5.41, 5.74) is 13.0. The van der Waals surface area contributed by atoms with Crippen molar-refractivity contribution in [2.24, 2.45) is 5.73 Å². The van der Waals surface area contributed by atoms with Gasteiger partial charge in [0.2, 0.25) is 5.82 Å². The lowest BCUT2D eigenvalue weighted by molar-refractivity contribution is 0.396. The Balaban J connectivity index is 1.18. The largest absolute Gasteiger partial charge is 0.455 e. The molecule has 0 spiro atoms. The molecule has 0 aliphatic heterocycles. The van der Waals surface area contributed by atoms with Crippen molar-refractivity contribution < 1.29 is 4.42 Å². The van der Waals surface area contributed by atoms with Gasteiger partial charge in [-0.15, -0.1) is 15.0 Å². The maximum absolute atomic E-state index is 6.66. The third-order valence-corrected chi connectivity index (χ3v) is 10.8. The van der Waals surface area contributed by atoms with Crippen molar-refractivity contribution in [1.29, 1.82) is 0 Å². The molecular formula is C43H37BrClN7O. The maximum Gasteiger partial charge on any atom is 0.205 e. The molecule has 1 unspecified atom stereocenters. The topological polar surface area (TPSA) is 111 Å². The number of nitrogens with zero attached hydrogens (tertiary/aromatic N) is 5. The number of hydrogen-bond donors (Lipinski definition) is 2. The number of rotatable bonds is 12. The fourth-order valence-electron chi connectivity index (χ4n) is 7.12. The molecule has 8 nitrogen and oxygen atoms in total. The van der Waals surface area contributed by atoms with Gasteiger partial charge in [-0.3, -0.25) is 0 Å². The molecule has 0 aliphatic rings. The van der Waals surface area contributed by atoms with E-state index in [2.05, 4.69) is 75.3 Å². The number of hydrogen-bond acceptors (Lipinski definition) is 6. The number of aromatic amines is 1. The van der Waals surface area contributed by atoms with Gasteiger partial charge in [0.25, 0.3) is 0 Å². The molecule has 0 saturated heterocycles. The highest BCUT2D eigenvalue weighted by Crippen LogP contribution is 2.43. The Kier molecular flexibility index (Phi) is 9.79. The normalized spacial score (nSPS) is 12.4. The number of unbranched alkanes of at least 4 members (excludes halogenated alkanes) is 1. The first kappa shape index (κ1) is 34.7. The second-order valence-corrected chi connectivity index (χ2v) is 14.3. The molecule has 8 rings (SSSR count). The molecule has 3 N–H and O–H groups in total. The number of furan rings is 1. The minimum Gasteiger partial charge on any atom is -0.455 e. The van der Waals surface area contributed by atoms with Crippen LogP contribution in [-0.2, 0) is 18.4 Å². The van der Waals surface area contributed by atoms with Crippen LogP contribution in [0.15, 0.2) is 142 Å². The summed E-state index contributed by atoms with van der Waals surface area (Å²) in [5.74, 6) is 2.02. The van der Waals surface area contributed by atoms with Crippen LogP contribution < -0.4 is 5.73 Å². The van der Waals surface area contributed by atoms with Gasteiger partial charge in [0.1, 0.15) is 17.2 Å². The van der Waals surface area contributed by atoms with Crippen molar-refractivity contribution >= 4 is 38.5 Å². The third-order valence-electron chi connectivity index (χ3n) is 9.72. The number of aromatic nitrogens is 6. The number of H-pyrrole nitrogens is 1. The van der Waals surface area contributed by atoms with Crippen LogP contribution in [0, 0.1) is 0 Å². The van der Waals surface area contributed by atoms with Gasteiger partial charge in [-0.2, -0.15) is 0 Å². The molecule has 0 amide bonds. The molecule has 1 atom stereocenters. The fraction of sp³-hybridized carbons (Fsp3) is 0.163. The lowest BCUT2D eigenvalue weighted by Gasteiger charge is -2.34. The highest BCUT2D eigenvalue weighted by Gasteiger charge is 2.41. The van der Waals surface area contributed by atoms with E-state index in [1.807, 2.05) is 91.0 Å². The number of aryl methyl sites for hydroxylation is 1. The standard InChI is InChI=1S/C43H37BrClN7O/c1-2-3-23-37-47-39(41(45)48-37)35(46)27-28-24-25-36-34(26-28)38(44)40(53-36)32-21-13-14-22-33(32)42-49-51-52(50-42)43(29-15-7-4-8-16-29,30-17-9-5-10-18-30)31-19-11-6-12-20-31/h4-22,24-26,35H,2-3,23,27,46H2,1H3,(H,47,48). The maximum atomic E-state index is 6.66. The first-order chi connectivity index (χ1) is 26.0. The zero-order chi connectivity index (χ0) is 36.4. The van der Waals surface area contributed by atoms with Crippen molar-refractivity contribution in [2.45, 2.75) is 44.2 Å². The second kappa shape index (κ2) is 14.9. The average molecular weight is 783 g/mol. The average Bonchev–Trinajstić information content (AvgIpc) is 3.93. The monoisotopic (exact) mass is 781 g/mol. The molecule has 3 heterocycles. The number of nitrogens with one attached hydrogen (secondary N) is 1. The van der Waals surface area contributed by atoms with E-state index in [0.717, 1.165) is 79.6 Å². The zero-order valence-electron chi connectivity index (χ0n) is 29.1. The van der Waals surface area contributed by atoms with Crippen LogP contribution in [0.3, 0.4) is 0 Å². The van der Waals surface area contributed by atoms with Crippen LogP contribution in [-0.4, -0.2) is 30.2 Å². The molecule has 0 bridgehead atoms. The fourth-order valence-corrected chi connectivity index (χ4v) is 8.01. The molecule has 0 radical (unpaired) electrons. The number of fused-ring (bicyclic) bond motifs is 1. The Morgan fingerprint density at radius 1 is 0.830 bits per heavy atom. The summed E-state index contributed by atoms with van der Waals surface area (Å²) < 4.78 is 7.37. The van der Waals surface area contributed by atoms with Crippen molar-refractivity contribution in [2.75, 3.05) is 0 Å². The summed E-state index contributed by atoms with van der Waals surface area (Å²) in [7, 11) is 0. The van der Waals surface area contributed by atoms with E-state index in [4.69, 9.17) is 37.2 Å². The smallest absolute Gasteiger partial charge is 0.205 e. The van der Waals surface area contributed by atoms with Gasteiger partial charge in [0.15, 0.2) is 10.7 Å². The van der Waals surface area contributed by atoms with E-state index in [1.54, 1.807) is 4.80 Å². The predicted molar refractivity (Wildman–Crippen MR) is 214 cm³/mol. The van der Waals surface area contributed by atoms with Crippen molar-refractivity contribution in [3.8, 4) is 22.7 Å². The van der Waals surface area contributed by atoms with Gasteiger partial charge in [0.05, 0.1) is 16.2 Å². The molecule has 0 saturated carbocycles. The van der Waals surface area contributed by atoms with Gasteiger partial charge in [0, 0.05) is 22.9 Å². The molecule has 10 heteroatoms. The van der Waals surface area contributed by atoms with Crippen molar-refractivity contribution in [3.05, 3.63) is 177 Å². The number of nitrogens with two attached hydrogens (primary N) is 1. The summed E-state index contributed by atoms with van der Waals surface area (Å²) in [6.45, 7) is 2.15. The molecule has 8 aromatic rings. The van der Waals surface area contributed by atoms with Crippen LogP contribution in [0.4, 0.5) is 0 Å². The number of halogens is 2. The van der Waals surface area contributed by atoms with Gasteiger partial charge in [-0.1, -0.05) is 146 Å². The van der Waals surface area contributed by atoms with Crippen LogP contribution in [0.5, 0.6) is 0 Å². The van der Waals surface area contributed by atoms with Crippen LogP contribution in [0.25, 0.3) is 33.7 Å². The first-order valence-electron chi connectivity index (χ1n) is 17.7. The molecule has 3 aromatic heterocycles. The molecule has 53 heavy (non-hydrogen) atoms. The number of imidazole rings is 1. The zero-order valence-corrected chi connectivity index (χ0v) is 31.4. The molecule has 264 valence electrons. The Labute approximate surface area is 321 Å². The summed E-state index contributed by atoms with van der Waals surface area (Å²) in [5, 5.41) is 16.0. The SMILES string of the molecule is CCCCc1nc(Cl)c(C(N)Cc2ccc3oc(-c4ccccc4-c4nnn(C(c5ccccc5)(c5ccccc5)c5ccccc5)n4)c(Br)c3c2)[nH]1. The first-order valence-corrected chi connectivity index (χ1v) is 18.9. The lowest BCUT2D eigenvalue weighted by atomic mass is 9.77. The molecule has 5 aromatic carbocycles. The highest BCUT2D eigenvalue weighted by atomic mass is 79.9. The molecular weight excluding hydrogens is 746 g/mol. The van der Waals surface area contributed by atoms with E-state index >= 15 is 0 Å². The highest BCUT2D eigenvalue weighted by molar-refractivity contribution is 9.10. The van der Waals surface area contributed by atoms with E-state index in [0.29, 0.717) is 23.2 Å². The number of tetrazole rings is 1. The van der Waals surface area contributed by atoms with Crippen molar-refractivity contribution in [1.82, 2.24) is 30.2 Å². The minimum absolute atomic E-state index is 0.336. The third kappa shape index (κ3) is 6.50. The Morgan fingerprint density at radius 3 is 2.06 bits per heavy atom. The van der Waals surface area contributed by atoms with E-state index in [9.17, 15) is 0 Å². The van der Waals surface area contributed by atoms with Gasteiger partial charge in [-0.25, -0.2) is 4.98 Å². The van der Waals surface area contributed by atoms with E-state index in [-0.39, 0.29) is 6.04 Å². The Bertz CT molecular complexity index is 2380. The van der Waals surface area contributed by atoms with E-state index < -0.39 is 5.54 Å². The van der Waals surface area contributed by atoms with E-state index in [1.165, 1.54) is 0 Å². The van der Waals surface area contributed by atoms with Crippen molar-refractivity contribution in [3.63, 3.8) is 0 Å². The number of benzene rings is 5. The summed E-state index contributed by atoms with van der Waals surface area (Å²) in [4.78, 5) is 9.59. The Hall–Kier alpha value is -5.35. The lowest BCUT2D eigenvalue weighted by Crippen LogP contribution is -2.39. The van der Waals surface area contributed by atoms with Gasteiger partial charge < -0.3 is 15.1 Å². The van der Waals surface area contributed by atoms with Gasteiger partial charge >= 0.3 is 0 Å². The molecule has 0 fully saturated rings. The molecule has 0 aliphatic carbocycles.